The largest absolute Gasteiger partial charge is 1.00 e. The fourth-order valence-corrected chi connectivity index (χ4v) is 4.76. The Morgan fingerprint density at radius 2 is 0.972 bits per heavy atom. The van der Waals surface area contributed by atoms with Crippen molar-refractivity contribution in [1.29, 1.82) is 0 Å². The van der Waals surface area contributed by atoms with Crippen LogP contribution in [0.1, 0.15) is 145 Å². The number of carboxylic acid groups (broad SMARTS) is 1. The van der Waals surface area contributed by atoms with Crippen LogP contribution in [-0.4, -0.2) is 41.9 Å². The van der Waals surface area contributed by atoms with Crippen molar-refractivity contribution >= 4 is 22.1 Å². The van der Waals surface area contributed by atoms with Crippen molar-refractivity contribution in [3.8, 4) is 0 Å². The normalized spacial score (nSPS) is 11.8. The summed E-state index contributed by atoms with van der Waals surface area (Å²) in [6.45, 7) is 2.29. The number of hydrogen-bond acceptors (Lipinski definition) is 5. The van der Waals surface area contributed by atoms with E-state index in [9.17, 15) is 18.0 Å². The van der Waals surface area contributed by atoms with E-state index in [4.69, 9.17) is 14.4 Å². The molecule has 0 fully saturated rings. The summed E-state index contributed by atoms with van der Waals surface area (Å²) < 4.78 is 36.0. The van der Waals surface area contributed by atoms with Gasteiger partial charge in [-0.2, -0.15) is 8.42 Å². The van der Waals surface area contributed by atoms with Gasteiger partial charge in [-0.15, -0.1) is 0 Å². The molecule has 2 N–H and O–H groups in total. The Bertz CT molecular complexity index is 627. The Morgan fingerprint density at radius 3 is 1.25 bits per heavy atom. The predicted molar refractivity (Wildman–Crippen MR) is 139 cm³/mol. The summed E-state index contributed by atoms with van der Waals surface area (Å²) in [5, 5.41) is 6.60. The molecule has 0 amide bonds. The first-order valence-corrected chi connectivity index (χ1v) is 15.1. The molecular formula is C26H52Na2O7S. The van der Waals surface area contributed by atoms with Crippen molar-refractivity contribution in [2.75, 3.05) is 6.61 Å². The number of unbranched alkanes of at least 4 members (excludes halogenated alkanes) is 19. The minimum atomic E-state index is -4.79. The average Bonchev–Trinajstić information content (AvgIpc) is 2.77. The minimum Gasteiger partial charge on any atom is -1.00 e. The van der Waals surface area contributed by atoms with Gasteiger partial charge in [0.05, 0.1) is 13.0 Å². The molecule has 36 heavy (non-hydrogen) atoms. The third-order valence-electron chi connectivity index (χ3n) is 6.22. The molecule has 0 bridgehead atoms. The van der Waals surface area contributed by atoms with Crippen molar-refractivity contribution in [3.63, 3.8) is 0 Å². The van der Waals surface area contributed by atoms with E-state index >= 15 is 0 Å². The quantitative estimate of drug-likeness (QED) is 0.0756. The van der Waals surface area contributed by atoms with E-state index in [1.807, 2.05) is 0 Å². The SMILES string of the molecule is CCCCCCCCCCCCCCCCCCCCCCOC(=O)C(CC(=O)O)S(=O)(=O)O.[H-].[H-].[Na+].[Na+]. The molecule has 0 aliphatic carbocycles. The molecule has 0 heterocycles. The second-order valence-electron chi connectivity index (χ2n) is 9.49. The Balaban J connectivity index is -0.000000907. The van der Waals surface area contributed by atoms with E-state index in [0.717, 1.165) is 19.3 Å². The zero-order chi connectivity index (χ0) is 25.5. The van der Waals surface area contributed by atoms with E-state index in [1.165, 1.54) is 103 Å². The fourth-order valence-electron chi connectivity index (χ4n) is 4.09. The van der Waals surface area contributed by atoms with E-state index < -0.39 is 33.7 Å². The number of esters is 1. The first-order valence-electron chi connectivity index (χ1n) is 13.6. The maximum atomic E-state index is 11.7. The van der Waals surface area contributed by atoms with Gasteiger partial charge in [0.2, 0.25) is 0 Å². The van der Waals surface area contributed by atoms with Crippen molar-refractivity contribution < 1.29 is 94.4 Å². The van der Waals surface area contributed by atoms with Gasteiger partial charge in [-0.1, -0.05) is 129 Å². The molecule has 0 aliphatic heterocycles. The number of carboxylic acids is 1. The topological polar surface area (TPSA) is 118 Å². The van der Waals surface area contributed by atoms with E-state index in [-0.39, 0.29) is 68.6 Å². The molecule has 206 valence electrons. The van der Waals surface area contributed by atoms with Gasteiger partial charge in [0.25, 0.3) is 10.1 Å². The average molecular weight is 555 g/mol. The third-order valence-corrected chi connectivity index (χ3v) is 7.30. The molecule has 1 atom stereocenters. The first-order chi connectivity index (χ1) is 16.3. The van der Waals surface area contributed by atoms with Crippen molar-refractivity contribution in [3.05, 3.63) is 0 Å². The van der Waals surface area contributed by atoms with Gasteiger partial charge < -0.3 is 12.7 Å². The maximum absolute atomic E-state index is 11.7. The molecule has 0 saturated heterocycles. The number of carbonyl (C=O) groups excluding carboxylic acids is 1. The summed E-state index contributed by atoms with van der Waals surface area (Å²) >= 11 is 0. The van der Waals surface area contributed by atoms with Crippen molar-refractivity contribution in [2.24, 2.45) is 0 Å². The molecule has 0 aromatic heterocycles. The van der Waals surface area contributed by atoms with E-state index in [0.29, 0.717) is 6.42 Å². The van der Waals surface area contributed by atoms with Crippen LogP contribution in [-0.2, 0) is 24.4 Å². The van der Waals surface area contributed by atoms with Gasteiger partial charge in [-0.25, -0.2) is 0 Å². The molecule has 10 heteroatoms. The first kappa shape index (κ1) is 41.3. The van der Waals surface area contributed by atoms with Gasteiger partial charge >= 0.3 is 71.1 Å². The fraction of sp³-hybridized carbons (Fsp3) is 0.923. The zero-order valence-corrected chi connectivity index (χ0v) is 28.3. The number of ether oxygens (including phenoxy) is 1. The van der Waals surface area contributed by atoms with Crippen LogP contribution in [0, 0.1) is 0 Å². The molecular weight excluding hydrogens is 502 g/mol. The molecule has 0 aliphatic rings. The third kappa shape index (κ3) is 27.9. The Hall–Kier alpha value is 0.850. The van der Waals surface area contributed by atoms with Crippen LogP contribution in [0.2, 0.25) is 0 Å². The predicted octanol–water partition coefficient (Wildman–Crippen LogP) is 1.32. The molecule has 7 nitrogen and oxygen atoms in total. The summed E-state index contributed by atoms with van der Waals surface area (Å²) in [5.41, 5.74) is 0. The van der Waals surface area contributed by atoms with Crippen molar-refractivity contribution in [2.45, 2.75) is 147 Å². The molecule has 1 unspecified atom stereocenters. The van der Waals surface area contributed by atoms with Gasteiger partial charge in [0.15, 0.2) is 5.25 Å². The number of carbonyl (C=O) groups is 2. The molecule has 0 saturated carbocycles. The second-order valence-corrected chi connectivity index (χ2v) is 11.1. The summed E-state index contributed by atoms with van der Waals surface area (Å²) in [6.07, 6.45) is 24.3. The Labute approximate surface area is 268 Å². The molecule has 0 aromatic carbocycles. The Kier molecular flexibility index (Phi) is 33.1. The van der Waals surface area contributed by atoms with Gasteiger partial charge in [-0.05, 0) is 6.42 Å². The van der Waals surface area contributed by atoms with E-state index in [2.05, 4.69) is 6.92 Å². The van der Waals surface area contributed by atoms with Gasteiger partial charge in [-0.3, -0.25) is 14.1 Å². The molecule has 0 aromatic rings. The van der Waals surface area contributed by atoms with Crippen LogP contribution in [0.15, 0.2) is 0 Å². The molecule has 0 rings (SSSR count). The minimum absolute atomic E-state index is 0. The molecule has 0 radical (unpaired) electrons. The summed E-state index contributed by atoms with van der Waals surface area (Å²) in [6, 6.07) is 0. The van der Waals surface area contributed by atoms with E-state index in [1.54, 1.807) is 0 Å². The summed E-state index contributed by atoms with van der Waals surface area (Å²) in [7, 11) is -4.79. The maximum Gasteiger partial charge on any atom is 1.00 e. The van der Waals surface area contributed by atoms with Gasteiger partial charge in [0.1, 0.15) is 0 Å². The number of rotatable bonds is 25. The van der Waals surface area contributed by atoms with Crippen LogP contribution >= 0.6 is 0 Å². The molecule has 0 spiro atoms. The van der Waals surface area contributed by atoms with Crippen molar-refractivity contribution in [1.82, 2.24) is 0 Å². The smallest absolute Gasteiger partial charge is 1.00 e. The monoisotopic (exact) mass is 554 g/mol. The van der Waals surface area contributed by atoms with Crippen LogP contribution in [0.4, 0.5) is 0 Å². The Morgan fingerprint density at radius 1 is 0.667 bits per heavy atom. The van der Waals surface area contributed by atoms with Gasteiger partial charge in [0, 0.05) is 0 Å². The van der Waals surface area contributed by atoms with Crippen LogP contribution in [0.5, 0.6) is 0 Å². The number of hydrogen-bond donors (Lipinski definition) is 2. The second kappa shape index (κ2) is 28.8. The zero-order valence-electron chi connectivity index (χ0n) is 25.5. The van der Waals surface area contributed by atoms with Crippen LogP contribution in [0.3, 0.4) is 0 Å². The summed E-state index contributed by atoms with van der Waals surface area (Å²) in [5.74, 6) is -2.69. The van der Waals surface area contributed by atoms with Crippen LogP contribution in [0.25, 0.3) is 0 Å². The summed E-state index contributed by atoms with van der Waals surface area (Å²) in [4.78, 5) is 22.3. The number of aliphatic carboxylic acids is 1. The van der Waals surface area contributed by atoms with Crippen LogP contribution < -0.4 is 59.1 Å². The standard InChI is InChI=1S/C26H50O7S.2Na.2H/c1-2-3-4-5-6-7-8-9-10-11-12-13-14-15-16-17-18-19-20-21-22-33-26(29)24(23-25(27)28)34(30,31)32;;;;/h24H,2-23H2,1H3,(H,27,28)(H,30,31,32);;;;/q;2*+1;2*-1.